The number of carbonyl (C=O) groups is 2. The van der Waals surface area contributed by atoms with E-state index in [0.717, 1.165) is 16.5 Å². The van der Waals surface area contributed by atoms with Crippen molar-refractivity contribution in [2.45, 2.75) is 13.5 Å². The van der Waals surface area contributed by atoms with E-state index in [1.807, 2.05) is 25.2 Å². The van der Waals surface area contributed by atoms with Gasteiger partial charge in [-0.1, -0.05) is 23.7 Å². The fraction of sp³-hybridized carbons (Fsp3) is 0.211. The van der Waals surface area contributed by atoms with Crippen LogP contribution in [0, 0.1) is 6.92 Å². The lowest BCUT2D eigenvalue weighted by Gasteiger charge is -2.08. The number of aromatic nitrogens is 2. The van der Waals surface area contributed by atoms with E-state index < -0.39 is 5.97 Å². The van der Waals surface area contributed by atoms with Crippen LogP contribution in [0.4, 0.5) is 0 Å². The number of methoxy groups -OCH3 is 1. The molecule has 3 rings (SSSR count). The molecular formula is C19H18ClN3O3. The molecule has 0 unspecified atom stereocenters. The topological polar surface area (TPSA) is 73.2 Å². The fourth-order valence-electron chi connectivity index (χ4n) is 2.75. The summed E-state index contributed by atoms with van der Waals surface area (Å²) < 4.78 is 6.51. The number of nitrogens with zero attached hydrogens (tertiary/aromatic N) is 2. The molecule has 0 atom stereocenters. The summed E-state index contributed by atoms with van der Waals surface area (Å²) in [6.07, 6.45) is 0. The maximum absolute atomic E-state index is 12.6. The molecule has 0 radical (unpaired) electrons. The molecule has 2 heterocycles. The highest BCUT2D eigenvalue weighted by Gasteiger charge is 2.15. The van der Waals surface area contributed by atoms with Crippen molar-refractivity contribution in [2.75, 3.05) is 7.11 Å². The van der Waals surface area contributed by atoms with Crippen molar-refractivity contribution in [3.05, 3.63) is 64.1 Å². The van der Waals surface area contributed by atoms with E-state index in [1.54, 1.807) is 29.7 Å². The minimum atomic E-state index is -0.499. The van der Waals surface area contributed by atoms with Crippen LogP contribution in [0.5, 0.6) is 0 Å². The first kappa shape index (κ1) is 17.9. The molecule has 0 aliphatic rings. The molecule has 2 aromatic heterocycles. The van der Waals surface area contributed by atoms with Gasteiger partial charge in [0.2, 0.25) is 0 Å². The second-order valence-corrected chi connectivity index (χ2v) is 6.37. The lowest BCUT2D eigenvalue weighted by Crippen LogP contribution is -2.25. The Morgan fingerprint density at radius 3 is 2.73 bits per heavy atom. The van der Waals surface area contributed by atoms with Crippen molar-refractivity contribution < 1.29 is 14.3 Å². The number of pyridine rings is 1. The largest absolute Gasteiger partial charge is 0.464 e. The maximum atomic E-state index is 12.6. The van der Waals surface area contributed by atoms with Crippen LogP contribution in [0.3, 0.4) is 0 Å². The van der Waals surface area contributed by atoms with Crippen LogP contribution >= 0.6 is 11.6 Å². The van der Waals surface area contributed by atoms with E-state index in [4.69, 9.17) is 16.3 Å². The minimum Gasteiger partial charge on any atom is -0.464 e. The fourth-order valence-corrected chi connectivity index (χ4v) is 2.92. The number of hydrogen-bond donors (Lipinski definition) is 1. The summed E-state index contributed by atoms with van der Waals surface area (Å²) in [7, 11) is 3.12. The standard InChI is InChI=1S/C19H18ClN3O3/c1-11-4-7-14(22-17(11)19(25)26-3)10-21-18(24)16-8-12-5-6-13(20)9-15(12)23(16)2/h4-9H,10H2,1-3H3,(H,21,24). The number of aryl methyl sites for hydroxylation is 2. The summed E-state index contributed by atoms with van der Waals surface area (Å²) in [5.74, 6) is -0.733. The summed E-state index contributed by atoms with van der Waals surface area (Å²) in [4.78, 5) is 28.6. The monoisotopic (exact) mass is 371 g/mol. The van der Waals surface area contributed by atoms with Crippen molar-refractivity contribution >= 4 is 34.4 Å². The molecule has 26 heavy (non-hydrogen) atoms. The van der Waals surface area contributed by atoms with Gasteiger partial charge in [-0.05, 0) is 36.8 Å². The maximum Gasteiger partial charge on any atom is 0.356 e. The first-order valence-electron chi connectivity index (χ1n) is 7.98. The molecule has 3 aromatic rings. The summed E-state index contributed by atoms with van der Waals surface area (Å²) in [5, 5.41) is 4.38. The number of carbonyl (C=O) groups excluding carboxylic acids is 2. The van der Waals surface area contributed by atoms with E-state index >= 15 is 0 Å². The van der Waals surface area contributed by atoms with Crippen LogP contribution in [0.1, 0.15) is 32.2 Å². The third-order valence-corrected chi connectivity index (χ3v) is 4.44. The highest BCUT2D eigenvalue weighted by Crippen LogP contribution is 2.22. The first-order chi connectivity index (χ1) is 12.4. The van der Waals surface area contributed by atoms with Gasteiger partial charge >= 0.3 is 5.97 Å². The third kappa shape index (κ3) is 3.41. The number of amides is 1. The number of esters is 1. The number of fused-ring (bicyclic) bond motifs is 1. The van der Waals surface area contributed by atoms with Crippen LogP contribution in [0.15, 0.2) is 36.4 Å². The number of rotatable bonds is 4. The average molecular weight is 372 g/mol. The van der Waals surface area contributed by atoms with Crippen molar-refractivity contribution in [3.8, 4) is 0 Å². The van der Waals surface area contributed by atoms with Gasteiger partial charge in [0.15, 0.2) is 5.69 Å². The van der Waals surface area contributed by atoms with Crippen LogP contribution in [0.2, 0.25) is 5.02 Å². The first-order valence-corrected chi connectivity index (χ1v) is 8.36. The Morgan fingerprint density at radius 2 is 2.00 bits per heavy atom. The number of hydrogen-bond acceptors (Lipinski definition) is 4. The van der Waals surface area contributed by atoms with E-state index in [1.165, 1.54) is 7.11 Å². The molecule has 1 N–H and O–H groups in total. The van der Waals surface area contributed by atoms with E-state index in [-0.39, 0.29) is 18.1 Å². The molecule has 1 amide bonds. The van der Waals surface area contributed by atoms with Gasteiger partial charge in [0.05, 0.1) is 19.3 Å². The third-order valence-electron chi connectivity index (χ3n) is 4.20. The molecular weight excluding hydrogens is 354 g/mol. The van der Waals surface area contributed by atoms with Gasteiger partial charge in [0, 0.05) is 23.0 Å². The highest BCUT2D eigenvalue weighted by molar-refractivity contribution is 6.31. The molecule has 0 bridgehead atoms. The molecule has 7 heteroatoms. The van der Waals surface area contributed by atoms with Gasteiger partial charge in [-0.25, -0.2) is 9.78 Å². The van der Waals surface area contributed by atoms with Crippen LogP contribution in [0.25, 0.3) is 10.9 Å². The molecule has 0 aliphatic heterocycles. The summed E-state index contributed by atoms with van der Waals surface area (Å²) >= 11 is 6.03. The van der Waals surface area contributed by atoms with Gasteiger partial charge in [0.1, 0.15) is 5.69 Å². The quantitative estimate of drug-likeness (QED) is 0.714. The highest BCUT2D eigenvalue weighted by atomic mass is 35.5. The Bertz CT molecular complexity index is 1010. The summed E-state index contributed by atoms with van der Waals surface area (Å²) in [6.45, 7) is 1.98. The average Bonchev–Trinajstić information content (AvgIpc) is 2.96. The minimum absolute atomic E-state index is 0.200. The predicted octanol–water partition coefficient (Wildman–Crippen LogP) is 3.25. The van der Waals surface area contributed by atoms with Gasteiger partial charge in [-0.2, -0.15) is 0 Å². The molecule has 0 saturated carbocycles. The SMILES string of the molecule is COC(=O)c1nc(CNC(=O)c2cc3ccc(Cl)cc3n2C)ccc1C. The second-order valence-electron chi connectivity index (χ2n) is 5.93. The number of ether oxygens (including phenoxy) is 1. The zero-order valence-electron chi connectivity index (χ0n) is 14.7. The van der Waals surface area contributed by atoms with Crippen LogP contribution in [-0.2, 0) is 18.3 Å². The normalized spacial score (nSPS) is 10.8. The lowest BCUT2D eigenvalue weighted by molar-refractivity contribution is 0.0592. The molecule has 134 valence electrons. The van der Waals surface area contributed by atoms with Crippen molar-refractivity contribution in [1.82, 2.24) is 14.9 Å². The summed E-state index contributed by atoms with van der Waals surface area (Å²) in [6, 6.07) is 10.8. The number of benzene rings is 1. The van der Waals surface area contributed by atoms with Crippen LogP contribution in [-0.4, -0.2) is 28.5 Å². The summed E-state index contributed by atoms with van der Waals surface area (Å²) in [5.41, 5.74) is 2.94. The lowest BCUT2D eigenvalue weighted by atomic mass is 10.2. The number of nitrogens with one attached hydrogen (secondary N) is 1. The number of halogens is 1. The zero-order chi connectivity index (χ0) is 18.8. The molecule has 1 aromatic carbocycles. The van der Waals surface area contributed by atoms with Gasteiger partial charge in [-0.15, -0.1) is 0 Å². The Balaban J connectivity index is 1.79. The van der Waals surface area contributed by atoms with Gasteiger partial charge in [-0.3, -0.25) is 4.79 Å². The molecule has 0 aliphatic carbocycles. The Morgan fingerprint density at radius 1 is 1.23 bits per heavy atom. The smallest absolute Gasteiger partial charge is 0.356 e. The second kappa shape index (κ2) is 7.17. The van der Waals surface area contributed by atoms with Gasteiger partial charge in [0.25, 0.3) is 5.91 Å². The van der Waals surface area contributed by atoms with Crippen molar-refractivity contribution in [2.24, 2.45) is 7.05 Å². The Labute approximate surface area is 155 Å². The van der Waals surface area contributed by atoms with Gasteiger partial charge < -0.3 is 14.6 Å². The van der Waals surface area contributed by atoms with Crippen molar-refractivity contribution in [1.29, 1.82) is 0 Å². The van der Waals surface area contributed by atoms with E-state index in [0.29, 0.717) is 16.4 Å². The molecule has 0 fully saturated rings. The molecule has 6 nitrogen and oxygen atoms in total. The molecule has 0 spiro atoms. The van der Waals surface area contributed by atoms with E-state index in [9.17, 15) is 9.59 Å². The van der Waals surface area contributed by atoms with Crippen molar-refractivity contribution in [3.63, 3.8) is 0 Å². The van der Waals surface area contributed by atoms with Crippen LogP contribution < -0.4 is 5.32 Å². The Kier molecular flexibility index (Phi) is 4.95. The molecule has 0 saturated heterocycles. The zero-order valence-corrected chi connectivity index (χ0v) is 15.4. The Hall–Kier alpha value is -2.86. The van der Waals surface area contributed by atoms with E-state index in [2.05, 4.69) is 10.3 Å². The predicted molar refractivity (Wildman–Crippen MR) is 99.4 cm³/mol.